The predicted octanol–water partition coefficient (Wildman–Crippen LogP) is 2.68. The Bertz CT molecular complexity index is 1120. The average Bonchev–Trinajstić information content (AvgIpc) is 3.27. The van der Waals surface area contributed by atoms with E-state index in [9.17, 15) is 14.4 Å². The maximum Gasteiger partial charge on any atom is 0.252 e. The van der Waals surface area contributed by atoms with Crippen LogP contribution in [0, 0.1) is 0 Å². The van der Waals surface area contributed by atoms with E-state index in [0.29, 0.717) is 28.8 Å². The van der Waals surface area contributed by atoms with E-state index >= 15 is 0 Å². The van der Waals surface area contributed by atoms with E-state index in [0.717, 1.165) is 5.56 Å². The molecule has 0 fully saturated rings. The highest BCUT2D eigenvalue weighted by atomic mass is 16.5. The lowest BCUT2D eigenvalue weighted by atomic mass is 10.1. The van der Waals surface area contributed by atoms with Crippen LogP contribution in [-0.2, 0) is 9.59 Å². The van der Waals surface area contributed by atoms with Crippen LogP contribution in [0.25, 0.3) is 11.4 Å². The number of methoxy groups -OCH3 is 1. The van der Waals surface area contributed by atoms with Crippen LogP contribution in [0.5, 0.6) is 5.75 Å². The molecule has 0 bridgehead atoms. The predicted molar refractivity (Wildman–Crippen MR) is 109 cm³/mol. The molecule has 0 aliphatic carbocycles. The van der Waals surface area contributed by atoms with Crippen molar-refractivity contribution in [2.45, 2.75) is 19.4 Å². The zero-order chi connectivity index (χ0) is 21.3. The summed E-state index contributed by atoms with van der Waals surface area (Å²) in [5.74, 6) is 0.715. The summed E-state index contributed by atoms with van der Waals surface area (Å²) < 4.78 is 6.57. The third kappa shape index (κ3) is 3.77. The molecule has 1 aliphatic heterocycles. The number of carbonyl (C=O) groups excluding carboxylic acids is 3. The van der Waals surface area contributed by atoms with Gasteiger partial charge in [-0.05, 0) is 55.5 Å². The number of carbonyl (C=O) groups is 3. The standard InChI is InChI=1S/C21H19N5O4/c1-12(27)13-3-7-15(8-4-13)22-18(28)11-17-20(29)24-21-23-19(25-26(17)21)14-5-9-16(30-2)10-6-14/h3-10,17H,11H2,1-2H3,(H,22,28)(H,23,24,25,29)/t17-/m0/s1. The molecule has 0 unspecified atom stereocenters. The van der Waals surface area contributed by atoms with E-state index in [1.165, 1.54) is 11.6 Å². The second-order valence-electron chi connectivity index (χ2n) is 6.82. The van der Waals surface area contributed by atoms with Crippen molar-refractivity contribution >= 4 is 29.2 Å². The molecule has 0 spiro atoms. The fourth-order valence-electron chi connectivity index (χ4n) is 3.15. The SMILES string of the molecule is COc1ccc(-c2nc3n(n2)[C@@H](CC(=O)Nc2ccc(C(C)=O)cc2)C(=O)N3)cc1. The Kier molecular flexibility index (Phi) is 5.01. The third-order valence-corrected chi connectivity index (χ3v) is 4.77. The first-order chi connectivity index (χ1) is 14.4. The highest BCUT2D eigenvalue weighted by Gasteiger charge is 2.35. The lowest BCUT2D eigenvalue weighted by molar-refractivity contribution is -0.123. The van der Waals surface area contributed by atoms with Gasteiger partial charge in [-0.3, -0.25) is 19.7 Å². The molecule has 30 heavy (non-hydrogen) atoms. The molecule has 4 rings (SSSR count). The molecule has 0 radical (unpaired) electrons. The van der Waals surface area contributed by atoms with E-state index in [1.54, 1.807) is 43.5 Å². The molecule has 0 saturated heterocycles. The minimum Gasteiger partial charge on any atom is -0.497 e. The topological polar surface area (TPSA) is 115 Å². The summed E-state index contributed by atoms with van der Waals surface area (Å²) in [4.78, 5) is 40.4. The third-order valence-electron chi connectivity index (χ3n) is 4.77. The number of fused-ring (bicyclic) bond motifs is 1. The Morgan fingerprint density at radius 2 is 1.83 bits per heavy atom. The number of amides is 2. The Hall–Kier alpha value is -4.01. The molecule has 152 valence electrons. The first-order valence-corrected chi connectivity index (χ1v) is 9.27. The number of hydrogen-bond acceptors (Lipinski definition) is 6. The van der Waals surface area contributed by atoms with Crippen LogP contribution in [0.3, 0.4) is 0 Å². The molecule has 2 aromatic carbocycles. The van der Waals surface area contributed by atoms with Crippen molar-refractivity contribution in [1.29, 1.82) is 0 Å². The Morgan fingerprint density at radius 3 is 2.47 bits per heavy atom. The van der Waals surface area contributed by atoms with Crippen molar-refractivity contribution in [3.63, 3.8) is 0 Å². The number of hydrogen-bond donors (Lipinski definition) is 2. The molecule has 2 amide bonds. The molecule has 0 saturated carbocycles. The smallest absolute Gasteiger partial charge is 0.252 e. The van der Waals surface area contributed by atoms with Crippen molar-refractivity contribution in [1.82, 2.24) is 14.8 Å². The van der Waals surface area contributed by atoms with Gasteiger partial charge < -0.3 is 10.1 Å². The molecular formula is C21H19N5O4. The highest BCUT2D eigenvalue weighted by Crippen LogP contribution is 2.29. The zero-order valence-corrected chi connectivity index (χ0v) is 16.4. The number of benzene rings is 2. The molecule has 2 N–H and O–H groups in total. The first-order valence-electron chi connectivity index (χ1n) is 9.27. The maximum atomic E-state index is 12.5. The van der Waals surface area contributed by atoms with E-state index in [2.05, 4.69) is 20.7 Å². The van der Waals surface area contributed by atoms with Gasteiger partial charge in [-0.25, -0.2) is 4.68 Å². The summed E-state index contributed by atoms with van der Waals surface area (Å²) in [7, 11) is 1.58. The molecule has 3 aromatic rings. The number of nitrogens with zero attached hydrogens (tertiary/aromatic N) is 3. The Labute approximate surface area is 172 Å². The molecule has 1 aliphatic rings. The van der Waals surface area contributed by atoms with Crippen LogP contribution in [0.4, 0.5) is 11.6 Å². The van der Waals surface area contributed by atoms with Gasteiger partial charge in [0.2, 0.25) is 11.9 Å². The maximum absolute atomic E-state index is 12.5. The minimum absolute atomic E-state index is 0.0538. The number of nitrogens with one attached hydrogen (secondary N) is 2. The Balaban J connectivity index is 1.47. The van der Waals surface area contributed by atoms with E-state index < -0.39 is 6.04 Å². The van der Waals surface area contributed by atoms with Gasteiger partial charge in [-0.1, -0.05) is 0 Å². The lowest BCUT2D eigenvalue weighted by Crippen LogP contribution is -2.23. The highest BCUT2D eigenvalue weighted by molar-refractivity contribution is 6.01. The summed E-state index contributed by atoms with van der Waals surface area (Å²) in [5.41, 5.74) is 1.86. The first kappa shape index (κ1) is 19.3. The Morgan fingerprint density at radius 1 is 1.13 bits per heavy atom. The molecule has 1 aromatic heterocycles. The van der Waals surface area contributed by atoms with Crippen molar-refractivity contribution in [3.05, 3.63) is 54.1 Å². The molecule has 1 atom stereocenters. The summed E-state index contributed by atoms with van der Waals surface area (Å²) in [6.07, 6.45) is -0.0985. The number of Topliss-reactive ketones (excluding diaryl/α,β-unsaturated/α-hetero) is 1. The van der Waals surface area contributed by atoms with Gasteiger partial charge in [0.15, 0.2) is 11.6 Å². The van der Waals surface area contributed by atoms with E-state index in [4.69, 9.17) is 4.74 Å². The summed E-state index contributed by atoms with van der Waals surface area (Å²) >= 11 is 0. The number of aromatic nitrogens is 3. The van der Waals surface area contributed by atoms with Gasteiger partial charge in [0, 0.05) is 16.8 Å². The van der Waals surface area contributed by atoms with Crippen molar-refractivity contribution in [3.8, 4) is 17.1 Å². The van der Waals surface area contributed by atoms with Crippen molar-refractivity contribution in [2.75, 3.05) is 17.7 Å². The van der Waals surface area contributed by atoms with Crippen molar-refractivity contribution in [2.24, 2.45) is 0 Å². The number of anilines is 2. The number of rotatable bonds is 6. The zero-order valence-electron chi connectivity index (χ0n) is 16.4. The van der Waals surface area contributed by atoms with E-state index in [-0.39, 0.29) is 24.0 Å². The summed E-state index contributed by atoms with van der Waals surface area (Å²) in [6, 6.07) is 13.0. The molecule has 2 heterocycles. The van der Waals surface area contributed by atoms with Crippen LogP contribution in [-0.4, -0.2) is 39.5 Å². The van der Waals surface area contributed by atoms with Crippen LogP contribution >= 0.6 is 0 Å². The monoisotopic (exact) mass is 405 g/mol. The molecule has 9 nitrogen and oxygen atoms in total. The molecular weight excluding hydrogens is 386 g/mol. The quantitative estimate of drug-likeness (QED) is 0.609. The largest absolute Gasteiger partial charge is 0.497 e. The van der Waals surface area contributed by atoms with Gasteiger partial charge in [0.25, 0.3) is 5.91 Å². The lowest BCUT2D eigenvalue weighted by Gasteiger charge is -2.10. The van der Waals surface area contributed by atoms with Gasteiger partial charge in [0.1, 0.15) is 11.8 Å². The van der Waals surface area contributed by atoms with Crippen LogP contribution in [0.2, 0.25) is 0 Å². The van der Waals surface area contributed by atoms with Gasteiger partial charge >= 0.3 is 0 Å². The number of ketones is 1. The second kappa shape index (κ2) is 7.78. The minimum atomic E-state index is -0.795. The normalized spacial score (nSPS) is 14.7. The average molecular weight is 405 g/mol. The van der Waals surface area contributed by atoms with Crippen LogP contribution < -0.4 is 15.4 Å². The van der Waals surface area contributed by atoms with E-state index in [1.807, 2.05) is 12.1 Å². The molecule has 9 heteroatoms. The fourth-order valence-corrected chi connectivity index (χ4v) is 3.15. The second-order valence-corrected chi connectivity index (χ2v) is 6.82. The summed E-state index contributed by atoms with van der Waals surface area (Å²) in [5, 5.41) is 9.79. The fraction of sp³-hybridized carbons (Fsp3) is 0.190. The van der Waals surface area contributed by atoms with Crippen molar-refractivity contribution < 1.29 is 19.1 Å². The van der Waals surface area contributed by atoms with Gasteiger partial charge in [-0.2, -0.15) is 4.98 Å². The number of ether oxygens (including phenoxy) is 1. The van der Waals surface area contributed by atoms with Crippen LogP contribution in [0.15, 0.2) is 48.5 Å². The summed E-state index contributed by atoms with van der Waals surface area (Å²) in [6.45, 7) is 1.47. The van der Waals surface area contributed by atoms with Crippen LogP contribution in [0.1, 0.15) is 29.7 Å². The van der Waals surface area contributed by atoms with Gasteiger partial charge in [-0.15, -0.1) is 5.10 Å². The van der Waals surface area contributed by atoms with Gasteiger partial charge in [0.05, 0.1) is 13.5 Å².